The molecule has 0 aliphatic carbocycles. The fourth-order valence-corrected chi connectivity index (χ4v) is 2.02. The first-order valence-corrected chi connectivity index (χ1v) is 6.79. The third kappa shape index (κ3) is 3.46. The van der Waals surface area contributed by atoms with Crippen molar-refractivity contribution in [3.05, 3.63) is 47.8 Å². The smallest absolute Gasteiger partial charge is 0.270 e. The maximum Gasteiger partial charge on any atom is 0.270 e. The molecule has 3 N–H and O–H groups in total. The maximum absolute atomic E-state index is 12.1. The molecule has 0 spiro atoms. The number of nitrogen functional groups attached to an aromatic ring is 1. The molecule has 1 amide bonds. The van der Waals surface area contributed by atoms with Crippen LogP contribution < -0.4 is 20.5 Å². The van der Waals surface area contributed by atoms with Gasteiger partial charge in [-0.15, -0.1) is 0 Å². The van der Waals surface area contributed by atoms with E-state index in [1.165, 1.54) is 6.20 Å². The Kier molecular flexibility index (Phi) is 4.83. The van der Waals surface area contributed by atoms with E-state index in [0.717, 1.165) is 5.56 Å². The number of carbonyl (C=O) groups excluding carboxylic acids is 1. The largest absolute Gasteiger partial charge is 0.493 e. The highest BCUT2D eigenvalue weighted by Crippen LogP contribution is 2.29. The molecule has 1 unspecified atom stereocenters. The second-order valence-corrected chi connectivity index (χ2v) is 4.79. The number of hydrogen-bond acceptors (Lipinski definition) is 5. The Morgan fingerprint density at radius 2 is 1.91 bits per heavy atom. The van der Waals surface area contributed by atoms with Crippen LogP contribution >= 0.6 is 0 Å². The van der Waals surface area contributed by atoms with Crippen LogP contribution in [0.4, 0.5) is 5.69 Å². The highest BCUT2D eigenvalue weighted by Gasteiger charge is 2.14. The number of methoxy groups -OCH3 is 2. The van der Waals surface area contributed by atoms with Crippen molar-refractivity contribution in [3.8, 4) is 11.5 Å². The van der Waals surface area contributed by atoms with Crippen LogP contribution in [0.5, 0.6) is 11.5 Å². The summed E-state index contributed by atoms with van der Waals surface area (Å²) in [5, 5.41) is 2.88. The number of carbonyl (C=O) groups is 1. The SMILES string of the molecule is COc1ccc(C(C)NC(=O)c2ccc(N)cn2)cc1OC. The number of pyridine rings is 1. The number of amides is 1. The number of benzene rings is 1. The van der Waals surface area contributed by atoms with Gasteiger partial charge in [-0.2, -0.15) is 0 Å². The first-order valence-electron chi connectivity index (χ1n) is 6.79. The average molecular weight is 301 g/mol. The third-order valence-electron chi connectivity index (χ3n) is 3.27. The van der Waals surface area contributed by atoms with E-state index in [1.54, 1.807) is 32.4 Å². The fraction of sp³-hybridized carbons (Fsp3) is 0.250. The Balaban J connectivity index is 2.13. The topological polar surface area (TPSA) is 86.5 Å². The second kappa shape index (κ2) is 6.80. The lowest BCUT2D eigenvalue weighted by Gasteiger charge is -2.16. The summed E-state index contributed by atoms with van der Waals surface area (Å²) in [6, 6.07) is 8.54. The van der Waals surface area contributed by atoms with E-state index in [4.69, 9.17) is 15.2 Å². The van der Waals surface area contributed by atoms with Gasteiger partial charge in [0.25, 0.3) is 5.91 Å². The zero-order valence-electron chi connectivity index (χ0n) is 12.8. The summed E-state index contributed by atoms with van der Waals surface area (Å²) < 4.78 is 10.5. The molecule has 0 saturated carbocycles. The summed E-state index contributed by atoms with van der Waals surface area (Å²) in [5.74, 6) is 0.999. The Morgan fingerprint density at radius 3 is 2.50 bits per heavy atom. The minimum atomic E-state index is -0.262. The van der Waals surface area contributed by atoms with Gasteiger partial charge in [0.05, 0.1) is 32.1 Å². The van der Waals surface area contributed by atoms with Crippen molar-refractivity contribution in [2.24, 2.45) is 0 Å². The molecule has 2 aromatic rings. The molecular formula is C16H19N3O3. The molecule has 1 atom stereocenters. The lowest BCUT2D eigenvalue weighted by atomic mass is 10.1. The molecule has 0 bridgehead atoms. The number of rotatable bonds is 5. The van der Waals surface area contributed by atoms with E-state index >= 15 is 0 Å². The van der Waals surface area contributed by atoms with Crippen molar-refractivity contribution in [2.45, 2.75) is 13.0 Å². The van der Waals surface area contributed by atoms with Crippen molar-refractivity contribution < 1.29 is 14.3 Å². The number of ether oxygens (including phenoxy) is 2. The number of anilines is 1. The zero-order valence-corrected chi connectivity index (χ0v) is 12.8. The minimum absolute atomic E-state index is 0.202. The molecule has 1 aromatic heterocycles. The van der Waals surface area contributed by atoms with Crippen LogP contribution in [0.15, 0.2) is 36.5 Å². The maximum atomic E-state index is 12.1. The molecule has 0 aliphatic rings. The van der Waals surface area contributed by atoms with Gasteiger partial charge in [0.2, 0.25) is 0 Å². The highest BCUT2D eigenvalue weighted by molar-refractivity contribution is 5.92. The minimum Gasteiger partial charge on any atom is -0.493 e. The standard InChI is InChI=1S/C16H19N3O3/c1-10(11-4-7-14(21-2)15(8-11)22-3)19-16(20)13-6-5-12(17)9-18-13/h4-10H,17H2,1-3H3,(H,19,20). The lowest BCUT2D eigenvalue weighted by molar-refractivity contribution is 0.0935. The Morgan fingerprint density at radius 1 is 1.18 bits per heavy atom. The number of nitrogens with zero attached hydrogens (tertiary/aromatic N) is 1. The predicted octanol–water partition coefficient (Wildman–Crippen LogP) is 2.17. The molecule has 22 heavy (non-hydrogen) atoms. The fourth-order valence-electron chi connectivity index (χ4n) is 2.02. The summed E-state index contributed by atoms with van der Waals surface area (Å²) in [4.78, 5) is 16.2. The van der Waals surface area contributed by atoms with Crippen molar-refractivity contribution in [3.63, 3.8) is 0 Å². The van der Waals surface area contributed by atoms with E-state index in [9.17, 15) is 4.79 Å². The van der Waals surface area contributed by atoms with Gasteiger partial charge in [-0.05, 0) is 36.8 Å². The van der Waals surface area contributed by atoms with Crippen molar-refractivity contribution in [2.75, 3.05) is 20.0 Å². The molecule has 116 valence electrons. The van der Waals surface area contributed by atoms with Crippen LogP contribution in [0.3, 0.4) is 0 Å². The van der Waals surface area contributed by atoms with Gasteiger partial charge in [0, 0.05) is 0 Å². The van der Waals surface area contributed by atoms with Crippen LogP contribution in [-0.2, 0) is 0 Å². The van der Waals surface area contributed by atoms with Gasteiger partial charge >= 0.3 is 0 Å². The molecular weight excluding hydrogens is 282 g/mol. The molecule has 1 aromatic carbocycles. The summed E-state index contributed by atoms with van der Waals surface area (Å²) in [6.07, 6.45) is 1.45. The molecule has 1 heterocycles. The van der Waals surface area contributed by atoms with Gasteiger partial charge in [-0.25, -0.2) is 4.98 Å². The quantitative estimate of drug-likeness (QED) is 0.884. The summed E-state index contributed by atoms with van der Waals surface area (Å²) >= 11 is 0. The van der Waals surface area contributed by atoms with E-state index in [-0.39, 0.29) is 11.9 Å². The van der Waals surface area contributed by atoms with Crippen LogP contribution in [0.2, 0.25) is 0 Å². The predicted molar refractivity (Wildman–Crippen MR) is 84.1 cm³/mol. The number of nitrogens with one attached hydrogen (secondary N) is 1. The van der Waals surface area contributed by atoms with E-state index in [1.807, 2.05) is 19.1 Å². The van der Waals surface area contributed by atoms with Crippen LogP contribution in [0.25, 0.3) is 0 Å². The first-order chi connectivity index (χ1) is 10.5. The molecule has 6 nitrogen and oxygen atoms in total. The van der Waals surface area contributed by atoms with Gasteiger partial charge in [-0.1, -0.05) is 6.07 Å². The summed E-state index contributed by atoms with van der Waals surface area (Å²) in [6.45, 7) is 1.89. The Hall–Kier alpha value is -2.76. The highest BCUT2D eigenvalue weighted by atomic mass is 16.5. The van der Waals surface area contributed by atoms with Crippen LogP contribution in [0, 0.1) is 0 Å². The molecule has 6 heteroatoms. The average Bonchev–Trinajstić information content (AvgIpc) is 2.54. The van der Waals surface area contributed by atoms with Gasteiger partial charge < -0.3 is 20.5 Å². The van der Waals surface area contributed by atoms with E-state index in [0.29, 0.717) is 22.9 Å². The zero-order chi connectivity index (χ0) is 16.1. The molecule has 0 radical (unpaired) electrons. The van der Waals surface area contributed by atoms with Crippen molar-refractivity contribution in [1.82, 2.24) is 10.3 Å². The van der Waals surface area contributed by atoms with Crippen molar-refractivity contribution in [1.29, 1.82) is 0 Å². The van der Waals surface area contributed by atoms with Crippen LogP contribution in [0.1, 0.15) is 29.0 Å². The van der Waals surface area contributed by atoms with Gasteiger partial charge in [-0.3, -0.25) is 4.79 Å². The molecule has 2 rings (SSSR count). The molecule has 0 saturated heterocycles. The first kappa shape index (κ1) is 15.6. The lowest BCUT2D eigenvalue weighted by Crippen LogP contribution is -2.27. The Labute approximate surface area is 129 Å². The second-order valence-electron chi connectivity index (χ2n) is 4.79. The van der Waals surface area contributed by atoms with Gasteiger partial charge in [0.15, 0.2) is 11.5 Å². The summed E-state index contributed by atoms with van der Waals surface area (Å²) in [5.41, 5.74) is 7.30. The normalized spacial score (nSPS) is 11.6. The monoisotopic (exact) mass is 301 g/mol. The van der Waals surface area contributed by atoms with Crippen molar-refractivity contribution >= 4 is 11.6 Å². The molecule has 0 fully saturated rings. The van der Waals surface area contributed by atoms with Gasteiger partial charge in [0.1, 0.15) is 5.69 Å². The number of aromatic nitrogens is 1. The van der Waals surface area contributed by atoms with E-state index < -0.39 is 0 Å². The summed E-state index contributed by atoms with van der Waals surface area (Å²) in [7, 11) is 3.15. The number of hydrogen-bond donors (Lipinski definition) is 2. The Bertz CT molecular complexity index is 656. The van der Waals surface area contributed by atoms with E-state index in [2.05, 4.69) is 10.3 Å². The number of nitrogens with two attached hydrogens (primary N) is 1. The molecule has 0 aliphatic heterocycles. The van der Waals surface area contributed by atoms with Crippen LogP contribution in [-0.4, -0.2) is 25.1 Å². The third-order valence-corrected chi connectivity index (χ3v) is 3.27.